The highest BCUT2D eigenvalue weighted by atomic mass is 32.2. The Morgan fingerprint density at radius 3 is 2.75 bits per heavy atom. The van der Waals surface area contributed by atoms with Crippen LogP contribution in [0.2, 0.25) is 0 Å². The minimum absolute atomic E-state index is 0.457. The highest BCUT2D eigenvalue weighted by Crippen LogP contribution is 2.35. The van der Waals surface area contributed by atoms with Crippen LogP contribution in [0.15, 0.2) is 11.1 Å². The van der Waals surface area contributed by atoms with Crippen molar-refractivity contribution in [2.45, 2.75) is 38.9 Å². The van der Waals surface area contributed by atoms with Gasteiger partial charge >= 0.3 is 0 Å². The summed E-state index contributed by atoms with van der Waals surface area (Å²) in [5.74, 6) is 0.750. The van der Waals surface area contributed by atoms with Crippen molar-refractivity contribution in [3.05, 3.63) is 11.1 Å². The number of nitrogens with zero attached hydrogens (tertiary/aromatic N) is 1. The summed E-state index contributed by atoms with van der Waals surface area (Å²) >= 11 is 1.42. The van der Waals surface area contributed by atoms with E-state index in [4.69, 9.17) is 5.26 Å². The van der Waals surface area contributed by atoms with E-state index in [9.17, 15) is 0 Å². The molecule has 1 aliphatic carbocycles. The summed E-state index contributed by atoms with van der Waals surface area (Å²) in [5, 5.41) is 11.2. The Kier molecular flexibility index (Phi) is 3.22. The maximum absolute atomic E-state index is 8.60. The molecule has 0 saturated heterocycles. The van der Waals surface area contributed by atoms with Crippen LogP contribution in [0.5, 0.6) is 0 Å². The molecule has 2 heteroatoms. The number of allylic oxidation sites excluding steroid dienone is 1. The Morgan fingerprint density at radius 2 is 2.17 bits per heavy atom. The summed E-state index contributed by atoms with van der Waals surface area (Å²) in [4.78, 5) is 0. The van der Waals surface area contributed by atoms with Gasteiger partial charge in [-0.25, -0.2) is 0 Å². The summed E-state index contributed by atoms with van der Waals surface area (Å²) in [5.41, 5.74) is 2.92. The SMILES string of the molecule is CC1=C(C)C(SC#N)CC(C)C1. The number of thioether (sulfide) groups is 1. The molecule has 0 radical (unpaired) electrons. The molecule has 0 bridgehead atoms. The number of nitriles is 1. The molecule has 2 unspecified atom stereocenters. The van der Waals surface area contributed by atoms with Crippen LogP contribution in [-0.2, 0) is 0 Å². The van der Waals surface area contributed by atoms with E-state index >= 15 is 0 Å². The first-order valence-electron chi connectivity index (χ1n) is 4.36. The van der Waals surface area contributed by atoms with Crippen LogP contribution in [0.1, 0.15) is 33.6 Å². The molecule has 0 spiro atoms. The summed E-state index contributed by atoms with van der Waals surface area (Å²) in [6.45, 7) is 6.62. The first-order valence-corrected chi connectivity index (χ1v) is 5.24. The number of hydrogen-bond acceptors (Lipinski definition) is 2. The monoisotopic (exact) mass is 181 g/mol. The number of thiocyanates is 1. The first kappa shape index (κ1) is 9.67. The van der Waals surface area contributed by atoms with Gasteiger partial charge < -0.3 is 0 Å². The Labute approximate surface area is 78.8 Å². The molecule has 12 heavy (non-hydrogen) atoms. The lowest BCUT2D eigenvalue weighted by Gasteiger charge is -2.27. The van der Waals surface area contributed by atoms with Gasteiger partial charge in [0.1, 0.15) is 5.40 Å². The maximum Gasteiger partial charge on any atom is 0.133 e. The molecule has 0 aromatic rings. The lowest BCUT2D eigenvalue weighted by molar-refractivity contribution is 0.504. The zero-order valence-corrected chi connectivity index (χ0v) is 8.74. The summed E-state index contributed by atoms with van der Waals surface area (Å²) in [7, 11) is 0. The molecule has 2 atom stereocenters. The summed E-state index contributed by atoms with van der Waals surface area (Å²) in [6, 6.07) is 0. The Hall–Kier alpha value is -0.420. The highest BCUT2D eigenvalue weighted by molar-refractivity contribution is 8.04. The molecule has 1 rings (SSSR count). The van der Waals surface area contributed by atoms with Crippen molar-refractivity contribution in [3.63, 3.8) is 0 Å². The lowest BCUT2D eigenvalue weighted by atomic mass is 9.86. The summed E-state index contributed by atoms with van der Waals surface area (Å²) < 4.78 is 0. The van der Waals surface area contributed by atoms with Crippen LogP contribution in [-0.4, -0.2) is 5.25 Å². The average molecular weight is 181 g/mol. The molecule has 66 valence electrons. The predicted octanol–water partition coefficient (Wildman–Crippen LogP) is 3.34. The fraction of sp³-hybridized carbons (Fsp3) is 0.700. The normalized spacial score (nSPS) is 30.2. The van der Waals surface area contributed by atoms with Gasteiger partial charge in [-0.15, -0.1) is 0 Å². The van der Waals surface area contributed by atoms with E-state index in [0.29, 0.717) is 5.25 Å². The fourth-order valence-corrected chi connectivity index (χ4v) is 2.71. The third-order valence-corrected chi connectivity index (χ3v) is 3.56. The van der Waals surface area contributed by atoms with Crippen molar-refractivity contribution >= 4 is 11.8 Å². The molecule has 0 aromatic heterocycles. The van der Waals surface area contributed by atoms with Gasteiger partial charge in [0, 0.05) is 5.25 Å². The van der Waals surface area contributed by atoms with Crippen LogP contribution in [0.3, 0.4) is 0 Å². The van der Waals surface area contributed by atoms with Gasteiger partial charge in [0.2, 0.25) is 0 Å². The second kappa shape index (κ2) is 4.00. The molecule has 1 nitrogen and oxygen atoms in total. The van der Waals surface area contributed by atoms with Gasteiger partial charge in [-0.05, 0) is 44.4 Å². The van der Waals surface area contributed by atoms with E-state index in [-0.39, 0.29) is 0 Å². The largest absolute Gasteiger partial charge is 0.185 e. The number of rotatable bonds is 1. The molecule has 0 heterocycles. The van der Waals surface area contributed by atoms with Crippen molar-refractivity contribution in [1.29, 1.82) is 5.26 Å². The van der Waals surface area contributed by atoms with Crippen molar-refractivity contribution in [2.24, 2.45) is 5.92 Å². The molecule has 0 aliphatic heterocycles. The summed E-state index contributed by atoms with van der Waals surface area (Å²) in [6.07, 6.45) is 2.38. The van der Waals surface area contributed by atoms with Gasteiger partial charge in [0.25, 0.3) is 0 Å². The lowest BCUT2D eigenvalue weighted by Crippen LogP contribution is -2.17. The van der Waals surface area contributed by atoms with Crippen molar-refractivity contribution in [2.75, 3.05) is 0 Å². The number of hydrogen-bond donors (Lipinski definition) is 0. The molecule has 1 aliphatic rings. The second-order valence-corrected chi connectivity index (χ2v) is 4.69. The maximum atomic E-state index is 8.60. The smallest absolute Gasteiger partial charge is 0.133 e. The van der Waals surface area contributed by atoms with Crippen LogP contribution in [0.25, 0.3) is 0 Å². The van der Waals surface area contributed by atoms with Gasteiger partial charge in [0.05, 0.1) is 0 Å². The van der Waals surface area contributed by atoms with E-state index in [1.165, 1.54) is 35.7 Å². The van der Waals surface area contributed by atoms with Crippen molar-refractivity contribution in [3.8, 4) is 5.40 Å². The molecular weight excluding hydrogens is 166 g/mol. The molecule has 0 saturated carbocycles. The van der Waals surface area contributed by atoms with Crippen LogP contribution in [0, 0.1) is 16.6 Å². The van der Waals surface area contributed by atoms with Gasteiger partial charge in [0.15, 0.2) is 0 Å². The zero-order chi connectivity index (χ0) is 9.14. The minimum atomic E-state index is 0.457. The Morgan fingerprint density at radius 1 is 1.50 bits per heavy atom. The van der Waals surface area contributed by atoms with E-state index in [1.807, 2.05) is 0 Å². The molecule has 0 amide bonds. The fourth-order valence-electron chi connectivity index (χ4n) is 1.78. The third kappa shape index (κ3) is 2.04. The van der Waals surface area contributed by atoms with E-state index in [2.05, 4.69) is 26.2 Å². The third-order valence-electron chi connectivity index (χ3n) is 2.62. The van der Waals surface area contributed by atoms with Gasteiger partial charge in [-0.3, -0.25) is 0 Å². The molecule has 0 fully saturated rings. The van der Waals surface area contributed by atoms with Crippen LogP contribution < -0.4 is 0 Å². The van der Waals surface area contributed by atoms with Crippen molar-refractivity contribution in [1.82, 2.24) is 0 Å². The zero-order valence-electron chi connectivity index (χ0n) is 7.92. The minimum Gasteiger partial charge on any atom is -0.185 e. The van der Waals surface area contributed by atoms with Gasteiger partial charge in [-0.2, -0.15) is 5.26 Å². The first-order chi connectivity index (χ1) is 5.65. The van der Waals surface area contributed by atoms with Crippen LogP contribution in [0.4, 0.5) is 0 Å². The predicted molar refractivity (Wildman–Crippen MR) is 53.8 cm³/mol. The van der Waals surface area contributed by atoms with E-state index < -0.39 is 0 Å². The average Bonchev–Trinajstić information content (AvgIpc) is 2.00. The Balaban J connectivity index is 2.75. The van der Waals surface area contributed by atoms with E-state index in [1.54, 1.807) is 0 Å². The van der Waals surface area contributed by atoms with E-state index in [0.717, 1.165) is 5.92 Å². The Bertz CT molecular complexity index is 237. The molecule has 0 aromatic carbocycles. The van der Waals surface area contributed by atoms with Gasteiger partial charge in [-0.1, -0.05) is 18.1 Å². The van der Waals surface area contributed by atoms with Crippen LogP contribution >= 0.6 is 11.8 Å². The van der Waals surface area contributed by atoms with Crippen molar-refractivity contribution < 1.29 is 0 Å². The standard InChI is InChI=1S/C10H15NS/c1-7-4-8(2)9(3)10(5-7)12-6-11/h7,10H,4-5H2,1-3H3. The molecule has 0 N–H and O–H groups in total. The quantitative estimate of drug-likeness (QED) is 0.457. The molecular formula is C10H15NS. The topological polar surface area (TPSA) is 23.8 Å². The highest BCUT2D eigenvalue weighted by Gasteiger charge is 2.22. The second-order valence-electron chi connectivity index (χ2n) is 3.71.